The highest BCUT2D eigenvalue weighted by Gasteiger charge is 2.33. The Balaban J connectivity index is 1.74. The van der Waals surface area contributed by atoms with Gasteiger partial charge in [-0.3, -0.25) is 9.69 Å². The van der Waals surface area contributed by atoms with Crippen molar-refractivity contribution in [3.8, 4) is 0 Å². The number of urea groups is 1. The lowest BCUT2D eigenvalue weighted by atomic mass is 10.1. The lowest BCUT2D eigenvalue weighted by Crippen LogP contribution is -2.46. The maximum absolute atomic E-state index is 12.8. The number of amides is 3. The van der Waals surface area contributed by atoms with Crippen LogP contribution in [-0.4, -0.2) is 42.1 Å². The van der Waals surface area contributed by atoms with Gasteiger partial charge in [0.05, 0.1) is 16.8 Å². The van der Waals surface area contributed by atoms with Crippen LogP contribution in [-0.2, 0) is 0 Å². The van der Waals surface area contributed by atoms with E-state index in [2.05, 4.69) is 20.9 Å². The summed E-state index contributed by atoms with van der Waals surface area (Å²) in [6.45, 7) is 5.71. The number of piperidine rings is 1. The maximum Gasteiger partial charge on any atom is 0.326 e. The third kappa shape index (κ3) is 2.75. The summed E-state index contributed by atoms with van der Waals surface area (Å²) in [5.74, 6) is -0.143. The third-order valence-corrected chi connectivity index (χ3v) is 5.73. The largest absolute Gasteiger partial charge is 0.347 e. The van der Waals surface area contributed by atoms with E-state index in [0.717, 1.165) is 41.8 Å². The first-order valence-corrected chi connectivity index (χ1v) is 9.41. The second kappa shape index (κ2) is 6.27. The van der Waals surface area contributed by atoms with Gasteiger partial charge in [-0.1, -0.05) is 0 Å². The predicted octanol–water partition coefficient (Wildman–Crippen LogP) is 2.54. The molecule has 1 fully saturated rings. The van der Waals surface area contributed by atoms with Crippen molar-refractivity contribution in [2.75, 3.05) is 23.3 Å². The molecule has 0 spiro atoms. The Bertz CT molecular complexity index is 841. The van der Waals surface area contributed by atoms with Crippen LogP contribution >= 0.6 is 11.3 Å². The van der Waals surface area contributed by atoms with E-state index in [1.54, 1.807) is 11.1 Å². The highest BCUT2D eigenvalue weighted by atomic mass is 32.1. The summed E-state index contributed by atoms with van der Waals surface area (Å²) >= 11 is 1.33. The van der Waals surface area contributed by atoms with Crippen LogP contribution < -0.4 is 20.9 Å². The van der Waals surface area contributed by atoms with Crippen LogP contribution in [0, 0.1) is 0 Å². The van der Waals surface area contributed by atoms with Crippen molar-refractivity contribution in [3.63, 3.8) is 0 Å². The van der Waals surface area contributed by atoms with Gasteiger partial charge in [-0.05, 0) is 39.3 Å². The van der Waals surface area contributed by atoms with Crippen molar-refractivity contribution < 1.29 is 9.59 Å². The number of pyridine rings is 1. The lowest BCUT2D eigenvalue weighted by molar-refractivity contribution is 0.0935. The van der Waals surface area contributed by atoms with E-state index >= 15 is 0 Å². The number of carbonyl (C=O) groups excluding carboxylic acids is 2. The van der Waals surface area contributed by atoms with Crippen molar-refractivity contribution in [1.29, 1.82) is 0 Å². The van der Waals surface area contributed by atoms with Crippen molar-refractivity contribution in [1.82, 2.24) is 15.6 Å². The summed E-state index contributed by atoms with van der Waals surface area (Å²) in [6.07, 6.45) is 3.71. The quantitative estimate of drug-likeness (QED) is 0.786. The predicted molar refractivity (Wildman–Crippen MR) is 99.6 cm³/mol. The topological polar surface area (TPSA) is 86.4 Å². The molecule has 0 aliphatic carbocycles. The van der Waals surface area contributed by atoms with Gasteiger partial charge < -0.3 is 16.0 Å². The van der Waals surface area contributed by atoms with Crippen LogP contribution in [0.25, 0.3) is 10.2 Å². The van der Waals surface area contributed by atoms with E-state index in [1.165, 1.54) is 11.3 Å². The number of nitrogens with zero attached hydrogens (tertiary/aromatic N) is 2. The summed E-state index contributed by atoms with van der Waals surface area (Å²) in [5, 5.41) is 10.1. The third-order valence-electron chi connectivity index (χ3n) is 4.63. The maximum atomic E-state index is 12.8. The molecule has 132 valence electrons. The summed E-state index contributed by atoms with van der Waals surface area (Å²) in [4.78, 5) is 32.8. The number of anilines is 2. The highest BCUT2D eigenvalue weighted by molar-refractivity contribution is 7.21. The molecular formula is C17H21N5O2S. The van der Waals surface area contributed by atoms with Crippen LogP contribution in [0.2, 0.25) is 0 Å². The molecule has 1 atom stereocenters. The van der Waals surface area contributed by atoms with E-state index in [4.69, 9.17) is 0 Å². The molecule has 25 heavy (non-hydrogen) atoms. The Hall–Kier alpha value is -2.19. The number of aromatic nitrogens is 1. The molecule has 0 bridgehead atoms. The highest BCUT2D eigenvalue weighted by Crippen LogP contribution is 2.43. The first-order chi connectivity index (χ1) is 12.1. The molecule has 2 aromatic rings. The van der Waals surface area contributed by atoms with E-state index in [-0.39, 0.29) is 24.0 Å². The summed E-state index contributed by atoms with van der Waals surface area (Å²) in [6, 6.07) is 1.77. The molecule has 2 aliphatic rings. The van der Waals surface area contributed by atoms with Crippen molar-refractivity contribution in [2.24, 2.45) is 0 Å². The Kier molecular flexibility index (Phi) is 4.09. The summed E-state index contributed by atoms with van der Waals surface area (Å²) < 4.78 is 0. The molecule has 8 heteroatoms. The van der Waals surface area contributed by atoms with E-state index in [9.17, 15) is 9.59 Å². The van der Waals surface area contributed by atoms with Gasteiger partial charge in [-0.15, -0.1) is 11.3 Å². The molecule has 3 N–H and O–H groups in total. The minimum absolute atomic E-state index is 0.0178. The molecule has 2 aliphatic heterocycles. The fourth-order valence-electron chi connectivity index (χ4n) is 3.50. The summed E-state index contributed by atoms with van der Waals surface area (Å²) in [7, 11) is 0. The minimum Gasteiger partial charge on any atom is -0.347 e. The number of hydrogen-bond donors (Lipinski definition) is 3. The zero-order chi connectivity index (χ0) is 17.6. The minimum atomic E-state index is -0.207. The normalized spacial score (nSPS) is 20.0. The molecular weight excluding hydrogens is 338 g/mol. The zero-order valence-electron chi connectivity index (χ0n) is 14.3. The second-order valence-electron chi connectivity index (χ2n) is 6.73. The molecule has 4 rings (SSSR count). The average molecular weight is 359 g/mol. The fourth-order valence-corrected chi connectivity index (χ4v) is 4.52. The lowest BCUT2D eigenvalue weighted by Gasteiger charge is -2.31. The van der Waals surface area contributed by atoms with E-state index in [1.807, 2.05) is 19.9 Å². The number of carbonyl (C=O) groups is 2. The summed E-state index contributed by atoms with van der Waals surface area (Å²) in [5.41, 5.74) is 1.40. The Labute approximate surface area is 149 Å². The molecule has 2 aromatic heterocycles. The van der Waals surface area contributed by atoms with Crippen LogP contribution in [0.1, 0.15) is 36.4 Å². The van der Waals surface area contributed by atoms with Crippen LogP contribution in [0.3, 0.4) is 0 Å². The number of thiophene rings is 1. The average Bonchev–Trinajstić information content (AvgIpc) is 2.95. The SMILES string of the molecule is CC(C)N1C(=O)Nc2c(C(=O)NC3CCCNC3)sc3nccc1c23. The molecule has 7 nitrogen and oxygen atoms in total. The Morgan fingerprint density at radius 3 is 3.04 bits per heavy atom. The molecule has 0 saturated carbocycles. The van der Waals surface area contributed by atoms with Crippen molar-refractivity contribution >= 4 is 44.9 Å². The smallest absolute Gasteiger partial charge is 0.326 e. The molecule has 4 heterocycles. The number of nitrogens with one attached hydrogen (secondary N) is 3. The monoisotopic (exact) mass is 359 g/mol. The molecule has 0 aromatic carbocycles. The number of hydrogen-bond acceptors (Lipinski definition) is 5. The van der Waals surface area contributed by atoms with E-state index < -0.39 is 0 Å². The fraction of sp³-hybridized carbons (Fsp3) is 0.471. The Morgan fingerprint density at radius 1 is 1.48 bits per heavy atom. The van der Waals surface area contributed by atoms with Gasteiger partial charge in [-0.2, -0.15) is 0 Å². The van der Waals surface area contributed by atoms with Gasteiger partial charge in [0.25, 0.3) is 5.91 Å². The van der Waals surface area contributed by atoms with Crippen LogP contribution in [0.5, 0.6) is 0 Å². The van der Waals surface area contributed by atoms with Gasteiger partial charge in [0.1, 0.15) is 9.71 Å². The van der Waals surface area contributed by atoms with Gasteiger partial charge in [-0.25, -0.2) is 9.78 Å². The molecule has 0 radical (unpaired) electrons. The molecule has 1 unspecified atom stereocenters. The first-order valence-electron chi connectivity index (χ1n) is 8.59. The first kappa shape index (κ1) is 16.3. The van der Waals surface area contributed by atoms with Gasteiger partial charge in [0.15, 0.2) is 0 Å². The van der Waals surface area contributed by atoms with Gasteiger partial charge in [0.2, 0.25) is 0 Å². The molecule has 1 saturated heterocycles. The number of rotatable bonds is 3. The zero-order valence-corrected chi connectivity index (χ0v) is 15.1. The standard InChI is InChI=1S/C17H21N5O2S/c1-9(2)22-11-5-7-19-16-12(11)13(21-17(22)24)14(25-16)15(23)20-10-4-3-6-18-8-10/h5,7,9-10,18H,3-4,6,8H2,1-2H3,(H,20,23)(H,21,24). The van der Waals surface area contributed by atoms with E-state index in [0.29, 0.717) is 10.6 Å². The van der Waals surface area contributed by atoms with Crippen molar-refractivity contribution in [2.45, 2.75) is 38.8 Å². The second-order valence-corrected chi connectivity index (χ2v) is 7.73. The van der Waals surface area contributed by atoms with Crippen LogP contribution in [0.4, 0.5) is 16.2 Å². The van der Waals surface area contributed by atoms with Gasteiger partial charge in [0, 0.05) is 24.8 Å². The van der Waals surface area contributed by atoms with Gasteiger partial charge >= 0.3 is 6.03 Å². The van der Waals surface area contributed by atoms with Crippen molar-refractivity contribution in [3.05, 3.63) is 17.1 Å². The Morgan fingerprint density at radius 2 is 2.32 bits per heavy atom. The molecule has 3 amide bonds. The van der Waals surface area contributed by atoms with Crippen LogP contribution in [0.15, 0.2) is 12.3 Å².